The highest BCUT2D eigenvalue weighted by Crippen LogP contribution is 2.76. The number of fused-ring (bicyclic) bond motifs is 3. The molecule has 2 bridgehead atoms. The Morgan fingerprint density at radius 3 is 2.62 bits per heavy atom. The van der Waals surface area contributed by atoms with Crippen molar-refractivity contribution in [2.24, 2.45) is 35.0 Å². The van der Waals surface area contributed by atoms with Crippen LogP contribution in [0.25, 0.3) is 0 Å². The molecule has 2 N–H and O–H groups in total. The smallest absolute Gasteiger partial charge is 0.339 e. The van der Waals surface area contributed by atoms with E-state index in [1.807, 2.05) is 6.08 Å². The number of allylic oxidation sites excluding steroid dienone is 2. The molecular formula is C30H38O10. The van der Waals surface area contributed by atoms with Gasteiger partial charge >= 0.3 is 11.9 Å². The van der Waals surface area contributed by atoms with Gasteiger partial charge < -0.3 is 33.9 Å². The number of hydrogen-bond acceptors (Lipinski definition) is 10. The molecule has 7 rings (SSSR count). The minimum Gasteiger partial charge on any atom is -0.456 e. The molecular weight excluding hydrogens is 520 g/mol. The number of aliphatic hydroxyl groups excluding tert-OH is 2. The van der Waals surface area contributed by atoms with Crippen LogP contribution in [0.4, 0.5) is 0 Å². The highest BCUT2D eigenvalue weighted by molar-refractivity contribution is 5.93. The number of carbonyl (C=O) groups is 3. The fraction of sp³-hybridized carbons (Fsp3) is 0.767. The van der Waals surface area contributed by atoms with Crippen molar-refractivity contribution in [2.75, 3.05) is 13.7 Å². The maximum atomic E-state index is 14.5. The van der Waals surface area contributed by atoms with E-state index in [1.54, 1.807) is 19.9 Å². The molecule has 0 aromatic heterocycles. The molecule has 4 saturated heterocycles. The van der Waals surface area contributed by atoms with Gasteiger partial charge in [-0.3, -0.25) is 9.59 Å². The van der Waals surface area contributed by atoms with Crippen molar-refractivity contribution >= 4 is 17.7 Å². The molecule has 0 unspecified atom stereocenters. The molecule has 218 valence electrons. The van der Waals surface area contributed by atoms with Gasteiger partial charge in [0, 0.05) is 30.9 Å². The number of carbonyl (C=O) groups excluding carboxylic acids is 3. The molecule has 0 amide bonds. The van der Waals surface area contributed by atoms with E-state index in [0.717, 1.165) is 0 Å². The second-order valence-electron chi connectivity index (χ2n) is 13.8. The van der Waals surface area contributed by atoms with Gasteiger partial charge in [-0.2, -0.15) is 0 Å². The van der Waals surface area contributed by atoms with Crippen molar-refractivity contribution in [3.05, 3.63) is 23.5 Å². The average Bonchev–Trinajstić information content (AvgIpc) is 3.00. The number of ketones is 1. The normalized spacial score (nSPS) is 54.0. The largest absolute Gasteiger partial charge is 0.456 e. The minimum atomic E-state index is -1.56. The van der Waals surface area contributed by atoms with Crippen LogP contribution in [0.5, 0.6) is 0 Å². The molecule has 2 aliphatic carbocycles. The van der Waals surface area contributed by atoms with E-state index in [-0.39, 0.29) is 66.8 Å². The lowest BCUT2D eigenvalue weighted by Crippen LogP contribution is -2.52. The van der Waals surface area contributed by atoms with Crippen molar-refractivity contribution in [3.8, 4) is 0 Å². The Bertz CT molecular complexity index is 1270. The fourth-order valence-corrected chi connectivity index (χ4v) is 9.96. The van der Waals surface area contributed by atoms with Gasteiger partial charge in [-0.1, -0.05) is 13.8 Å². The number of Topliss-reactive ketones (excluding diaryl/α,β-unsaturated/α-hetero) is 1. The van der Waals surface area contributed by atoms with Gasteiger partial charge in [-0.15, -0.1) is 0 Å². The maximum Gasteiger partial charge on any atom is 0.339 e. The number of esters is 2. The SMILES string of the molecule is CO[C@@]12O[C@@]3(CC[C@]4(C)[C@H]([C@H](C)C=C5C=C(C)C(=O)O5)[C@H]14)C[C@]14OC(=O)C[C@H]1O[C@@](C)(CO)[C@@H]4C[C@H](O)[C@H]3C2=O. The summed E-state index contributed by atoms with van der Waals surface area (Å²) in [6.45, 7) is 7.40. The van der Waals surface area contributed by atoms with Crippen LogP contribution in [0.2, 0.25) is 0 Å². The number of hydrogen-bond donors (Lipinski definition) is 2. The van der Waals surface area contributed by atoms with Gasteiger partial charge in [0.15, 0.2) is 0 Å². The lowest BCUT2D eigenvalue weighted by Gasteiger charge is -2.41. The molecule has 0 aromatic rings. The zero-order valence-corrected chi connectivity index (χ0v) is 23.6. The summed E-state index contributed by atoms with van der Waals surface area (Å²) in [5.41, 5.74) is -3.00. The monoisotopic (exact) mass is 558 g/mol. The third-order valence-electron chi connectivity index (χ3n) is 11.6. The van der Waals surface area contributed by atoms with E-state index in [2.05, 4.69) is 13.8 Å². The van der Waals surface area contributed by atoms with Crippen LogP contribution in [-0.4, -0.2) is 76.4 Å². The Kier molecular flexibility index (Phi) is 5.38. The molecule has 12 atom stereocenters. The number of methoxy groups -OCH3 is 1. The molecule has 0 radical (unpaired) electrons. The summed E-state index contributed by atoms with van der Waals surface area (Å²) in [5, 5.41) is 22.0. The first-order chi connectivity index (χ1) is 18.8. The predicted octanol–water partition coefficient (Wildman–Crippen LogP) is 1.96. The quantitative estimate of drug-likeness (QED) is 0.493. The van der Waals surface area contributed by atoms with E-state index in [4.69, 9.17) is 23.7 Å². The van der Waals surface area contributed by atoms with Gasteiger partial charge in [0.25, 0.3) is 0 Å². The molecule has 5 aliphatic heterocycles. The second-order valence-corrected chi connectivity index (χ2v) is 13.8. The maximum absolute atomic E-state index is 14.5. The Hall–Kier alpha value is -2.11. The number of ether oxygens (including phenoxy) is 5. The minimum absolute atomic E-state index is 0.0178. The third kappa shape index (κ3) is 3.09. The lowest BCUT2D eigenvalue weighted by molar-refractivity contribution is -0.255. The molecule has 5 heterocycles. The van der Waals surface area contributed by atoms with E-state index in [9.17, 15) is 24.6 Å². The Morgan fingerprint density at radius 2 is 1.98 bits per heavy atom. The van der Waals surface area contributed by atoms with Crippen molar-refractivity contribution < 1.29 is 48.3 Å². The molecule has 40 heavy (non-hydrogen) atoms. The number of aliphatic hydroxyl groups is 2. The molecule has 10 heteroatoms. The summed E-state index contributed by atoms with van der Waals surface area (Å²) in [7, 11) is 1.49. The van der Waals surface area contributed by atoms with Crippen molar-refractivity contribution in [3.63, 3.8) is 0 Å². The molecule has 0 aromatic carbocycles. The van der Waals surface area contributed by atoms with Gasteiger partial charge in [0.1, 0.15) is 17.5 Å². The van der Waals surface area contributed by atoms with Gasteiger partial charge in [0.05, 0.1) is 36.3 Å². The van der Waals surface area contributed by atoms with Gasteiger partial charge in [-0.05, 0) is 62.5 Å². The van der Waals surface area contributed by atoms with Crippen molar-refractivity contribution in [1.29, 1.82) is 0 Å². The summed E-state index contributed by atoms with van der Waals surface area (Å²) in [6, 6.07) is 0. The average molecular weight is 559 g/mol. The van der Waals surface area contributed by atoms with Crippen LogP contribution in [0.15, 0.2) is 23.5 Å². The number of rotatable bonds is 4. The zero-order valence-electron chi connectivity index (χ0n) is 23.6. The Labute approximate surface area is 233 Å². The molecule has 2 spiro atoms. The predicted molar refractivity (Wildman–Crippen MR) is 136 cm³/mol. The standard InChI is InChI=1S/C30H38O10/c1-14(8-16-9-15(2)25(35)37-16)21-23-26(21,3)6-7-28-12-29-18(27(4,13-31)38-19(29)11-20(33)39-29)10-17(32)22(28)24(34)30(23,36-5)40-28/h8-9,14,17-19,21-23,31-32H,6-7,10-13H2,1-5H3/t14-,17+,18+,19-,21-,22+,23+,26-,27+,28+,29-,30-/m1/s1. The Morgan fingerprint density at radius 1 is 1.23 bits per heavy atom. The number of cyclic esters (lactones) is 1. The van der Waals surface area contributed by atoms with E-state index in [1.165, 1.54) is 7.11 Å². The summed E-state index contributed by atoms with van der Waals surface area (Å²) >= 11 is 0. The van der Waals surface area contributed by atoms with E-state index in [0.29, 0.717) is 24.2 Å². The first kappa shape index (κ1) is 26.8. The van der Waals surface area contributed by atoms with Crippen LogP contribution < -0.4 is 0 Å². The van der Waals surface area contributed by atoms with Gasteiger partial charge in [-0.25, -0.2) is 4.79 Å². The topological polar surface area (TPSA) is 138 Å². The van der Waals surface area contributed by atoms with Crippen LogP contribution in [0.1, 0.15) is 59.8 Å². The summed E-state index contributed by atoms with van der Waals surface area (Å²) in [5.74, 6) is -3.72. The first-order valence-corrected chi connectivity index (χ1v) is 14.4. The fourth-order valence-electron chi connectivity index (χ4n) is 9.96. The summed E-state index contributed by atoms with van der Waals surface area (Å²) in [6.07, 6.45) is 3.54. The van der Waals surface area contributed by atoms with E-state index >= 15 is 0 Å². The molecule has 10 nitrogen and oxygen atoms in total. The summed E-state index contributed by atoms with van der Waals surface area (Å²) < 4.78 is 30.7. The first-order valence-electron chi connectivity index (χ1n) is 14.4. The molecule has 7 aliphatic rings. The van der Waals surface area contributed by atoms with Crippen molar-refractivity contribution in [1.82, 2.24) is 0 Å². The van der Waals surface area contributed by atoms with Crippen LogP contribution in [-0.2, 0) is 38.1 Å². The highest BCUT2D eigenvalue weighted by Gasteiger charge is 2.84. The van der Waals surface area contributed by atoms with E-state index < -0.39 is 46.6 Å². The second kappa shape index (κ2) is 8.04. The van der Waals surface area contributed by atoms with Gasteiger partial charge in [0.2, 0.25) is 11.6 Å². The summed E-state index contributed by atoms with van der Waals surface area (Å²) in [4.78, 5) is 39.0. The molecule has 2 saturated carbocycles. The molecule has 6 fully saturated rings. The Balaban J connectivity index is 1.28. The van der Waals surface area contributed by atoms with Crippen LogP contribution in [0, 0.1) is 35.0 Å². The third-order valence-corrected chi connectivity index (χ3v) is 11.6. The highest BCUT2D eigenvalue weighted by atomic mass is 16.7. The van der Waals surface area contributed by atoms with Crippen LogP contribution in [0.3, 0.4) is 0 Å². The zero-order chi connectivity index (χ0) is 28.6. The lowest BCUT2D eigenvalue weighted by atomic mass is 9.69. The van der Waals surface area contributed by atoms with Crippen molar-refractivity contribution in [2.45, 2.75) is 94.6 Å². The van der Waals surface area contributed by atoms with Crippen LogP contribution >= 0.6 is 0 Å².